The number of nitrogens with zero attached hydrogens (tertiary/aromatic N) is 1. The van der Waals surface area contributed by atoms with Crippen LogP contribution in [0.3, 0.4) is 0 Å². The molecular weight excluding hydrogens is 186 g/mol. The molecule has 1 atom stereocenters. The number of hydrogen-bond acceptors (Lipinski definition) is 3. The van der Waals surface area contributed by atoms with Crippen LogP contribution in [0.15, 0.2) is 35.5 Å². The molecule has 0 saturated carbocycles. The van der Waals surface area contributed by atoms with Crippen molar-refractivity contribution in [2.45, 2.75) is 6.04 Å². The normalized spacial score (nSPS) is 25.4. The third-order valence-electron chi connectivity index (χ3n) is 1.93. The first kappa shape index (κ1) is 8.44. The van der Waals surface area contributed by atoms with E-state index in [1.54, 1.807) is 28.8 Å². The topological polar surface area (TPSA) is 40.5 Å². The Balaban J connectivity index is 2.30. The summed E-state index contributed by atoms with van der Waals surface area (Å²) in [6.45, 7) is 0. The monoisotopic (exact) mass is 195 g/mol. The highest BCUT2D eigenvalue weighted by molar-refractivity contribution is 8.03. The quantitative estimate of drug-likeness (QED) is 0.687. The van der Waals surface area contributed by atoms with Gasteiger partial charge < -0.3 is 10.0 Å². The number of carboxylic acid groups (broad SMARTS) is 1. The fourth-order valence-electron chi connectivity index (χ4n) is 1.34. The number of rotatable bonds is 1. The Morgan fingerprint density at radius 1 is 1.69 bits per heavy atom. The molecule has 2 aliphatic heterocycles. The van der Waals surface area contributed by atoms with E-state index < -0.39 is 12.0 Å². The lowest BCUT2D eigenvalue weighted by Gasteiger charge is -2.31. The first-order valence-corrected chi connectivity index (χ1v) is 4.97. The third-order valence-corrected chi connectivity index (χ3v) is 2.93. The molecule has 1 N–H and O–H groups in total. The molecule has 4 heteroatoms. The fourth-order valence-corrected chi connectivity index (χ4v) is 2.19. The van der Waals surface area contributed by atoms with Crippen LogP contribution in [-0.4, -0.2) is 27.8 Å². The lowest BCUT2D eigenvalue weighted by Crippen LogP contribution is -2.37. The van der Waals surface area contributed by atoms with E-state index in [9.17, 15) is 4.79 Å². The van der Waals surface area contributed by atoms with Gasteiger partial charge in [-0.15, -0.1) is 11.8 Å². The number of carbonyl (C=O) groups is 1. The van der Waals surface area contributed by atoms with Crippen molar-refractivity contribution in [1.29, 1.82) is 0 Å². The van der Waals surface area contributed by atoms with Gasteiger partial charge in [-0.1, -0.05) is 18.2 Å². The molecule has 0 fully saturated rings. The van der Waals surface area contributed by atoms with E-state index in [0.29, 0.717) is 0 Å². The lowest BCUT2D eigenvalue weighted by atomic mass is 10.2. The summed E-state index contributed by atoms with van der Waals surface area (Å²) in [5.74, 6) is 0.108. The lowest BCUT2D eigenvalue weighted by molar-refractivity contribution is -0.139. The summed E-state index contributed by atoms with van der Waals surface area (Å²) >= 11 is 1.65. The highest BCUT2D eigenvalue weighted by Gasteiger charge is 2.26. The highest BCUT2D eigenvalue weighted by Crippen LogP contribution is 2.30. The van der Waals surface area contributed by atoms with Crippen molar-refractivity contribution in [3.63, 3.8) is 0 Å². The summed E-state index contributed by atoms with van der Waals surface area (Å²) in [6, 6.07) is -0.538. The molecule has 0 amide bonds. The molecule has 0 aromatic rings. The van der Waals surface area contributed by atoms with E-state index in [1.807, 2.05) is 18.4 Å². The van der Waals surface area contributed by atoms with Crippen molar-refractivity contribution in [1.82, 2.24) is 4.90 Å². The smallest absolute Gasteiger partial charge is 0.330 e. The summed E-state index contributed by atoms with van der Waals surface area (Å²) in [7, 11) is 0. The number of allylic oxidation sites excluding steroid dienone is 2. The van der Waals surface area contributed by atoms with Crippen molar-refractivity contribution in [3.05, 3.63) is 35.5 Å². The maximum atomic E-state index is 10.8. The second kappa shape index (κ2) is 3.30. The second-order valence-corrected chi connectivity index (χ2v) is 3.82. The molecule has 1 unspecified atom stereocenters. The van der Waals surface area contributed by atoms with Crippen LogP contribution in [0.25, 0.3) is 0 Å². The number of carboxylic acids is 1. The van der Waals surface area contributed by atoms with Gasteiger partial charge >= 0.3 is 5.97 Å². The third kappa shape index (κ3) is 1.49. The van der Waals surface area contributed by atoms with E-state index in [2.05, 4.69) is 0 Å². The van der Waals surface area contributed by atoms with E-state index in [1.165, 1.54) is 0 Å². The van der Waals surface area contributed by atoms with Gasteiger partial charge in [-0.25, -0.2) is 4.79 Å². The van der Waals surface area contributed by atoms with Crippen molar-refractivity contribution in [2.24, 2.45) is 0 Å². The Labute approximate surface area is 80.4 Å². The van der Waals surface area contributed by atoms with Crippen molar-refractivity contribution in [2.75, 3.05) is 5.75 Å². The van der Waals surface area contributed by atoms with Gasteiger partial charge in [0.2, 0.25) is 0 Å². The van der Waals surface area contributed by atoms with Crippen LogP contribution >= 0.6 is 11.8 Å². The zero-order chi connectivity index (χ0) is 9.26. The average molecular weight is 195 g/mol. The molecule has 2 rings (SSSR count). The van der Waals surface area contributed by atoms with Gasteiger partial charge in [0.15, 0.2) is 6.04 Å². The number of aliphatic carboxylic acids is 1. The Morgan fingerprint density at radius 2 is 2.54 bits per heavy atom. The minimum Gasteiger partial charge on any atom is -0.479 e. The number of thioether (sulfide) groups is 1. The second-order valence-electron chi connectivity index (χ2n) is 2.78. The molecular formula is C9H9NO2S. The van der Waals surface area contributed by atoms with Gasteiger partial charge in [0, 0.05) is 12.0 Å². The summed E-state index contributed by atoms with van der Waals surface area (Å²) in [5.41, 5.74) is 0. The standard InChI is InChI=1S/C9H9NO2S/c11-9(12)7-3-1-4-8-10(7)5-2-6-13-8/h1-5,7H,6H2,(H,11,12). The predicted molar refractivity (Wildman–Crippen MR) is 52.1 cm³/mol. The minimum absolute atomic E-state index is 0.538. The Bertz CT molecular complexity index is 320. The molecule has 0 saturated heterocycles. The van der Waals surface area contributed by atoms with Gasteiger partial charge in [-0.2, -0.15) is 0 Å². The minimum atomic E-state index is -0.811. The number of hydrogen-bond donors (Lipinski definition) is 1. The van der Waals surface area contributed by atoms with Gasteiger partial charge in [0.1, 0.15) is 0 Å². The molecule has 0 aromatic carbocycles. The fraction of sp³-hybridized carbons (Fsp3) is 0.222. The summed E-state index contributed by atoms with van der Waals surface area (Å²) in [5, 5.41) is 9.93. The molecule has 0 spiro atoms. The van der Waals surface area contributed by atoms with Crippen LogP contribution in [0.1, 0.15) is 0 Å². The number of fused-ring (bicyclic) bond motifs is 1. The molecule has 0 radical (unpaired) electrons. The maximum Gasteiger partial charge on any atom is 0.330 e. The molecule has 2 heterocycles. The van der Waals surface area contributed by atoms with Crippen LogP contribution in [0, 0.1) is 0 Å². The molecule has 0 aliphatic carbocycles. The van der Waals surface area contributed by atoms with Crippen molar-refractivity contribution in [3.8, 4) is 0 Å². The van der Waals surface area contributed by atoms with Gasteiger partial charge in [0.05, 0.1) is 5.03 Å². The van der Waals surface area contributed by atoms with Crippen LogP contribution in [0.4, 0.5) is 0 Å². The molecule has 0 aromatic heterocycles. The average Bonchev–Trinajstić information content (AvgIpc) is 2.17. The molecule has 0 bridgehead atoms. The largest absolute Gasteiger partial charge is 0.479 e. The Hall–Kier alpha value is -1.16. The van der Waals surface area contributed by atoms with E-state index in [-0.39, 0.29) is 0 Å². The van der Waals surface area contributed by atoms with E-state index in [0.717, 1.165) is 10.8 Å². The van der Waals surface area contributed by atoms with E-state index >= 15 is 0 Å². The SMILES string of the molecule is O=C(O)C1C=CC=C2SCC=CN21. The van der Waals surface area contributed by atoms with Crippen LogP contribution < -0.4 is 0 Å². The zero-order valence-electron chi connectivity index (χ0n) is 6.88. The summed E-state index contributed by atoms with van der Waals surface area (Å²) < 4.78 is 0. The highest BCUT2D eigenvalue weighted by atomic mass is 32.2. The molecule has 2 aliphatic rings. The molecule has 13 heavy (non-hydrogen) atoms. The van der Waals surface area contributed by atoms with Crippen LogP contribution in [-0.2, 0) is 4.79 Å². The summed E-state index contributed by atoms with van der Waals surface area (Å²) in [6.07, 6.45) is 9.23. The summed E-state index contributed by atoms with van der Waals surface area (Å²) in [4.78, 5) is 12.6. The van der Waals surface area contributed by atoms with Crippen LogP contribution in [0.2, 0.25) is 0 Å². The predicted octanol–water partition coefficient (Wildman–Crippen LogP) is 1.41. The Morgan fingerprint density at radius 3 is 3.31 bits per heavy atom. The van der Waals surface area contributed by atoms with Gasteiger partial charge in [-0.05, 0) is 6.08 Å². The van der Waals surface area contributed by atoms with E-state index in [4.69, 9.17) is 5.11 Å². The Kier molecular flexibility index (Phi) is 2.14. The first-order valence-electron chi connectivity index (χ1n) is 3.98. The zero-order valence-corrected chi connectivity index (χ0v) is 7.70. The molecule has 68 valence electrons. The van der Waals surface area contributed by atoms with Crippen LogP contribution in [0.5, 0.6) is 0 Å². The molecule has 3 nitrogen and oxygen atoms in total. The van der Waals surface area contributed by atoms with Crippen molar-refractivity contribution < 1.29 is 9.90 Å². The van der Waals surface area contributed by atoms with Gasteiger partial charge in [-0.3, -0.25) is 0 Å². The maximum absolute atomic E-state index is 10.8. The van der Waals surface area contributed by atoms with Gasteiger partial charge in [0.25, 0.3) is 0 Å². The first-order chi connectivity index (χ1) is 6.29. The van der Waals surface area contributed by atoms with Crippen molar-refractivity contribution >= 4 is 17.7 Å².